The van der Waals surface area contributed by atoms with Gasteiger partial charge in [0, 0.05) is 0 Å². The van der Waals surface area contributed by atoms with Gasteiger partial charge in [-0.3, -0.25) is 0 Å². The van der Waals surface area contributed by atoms with E-state index in [1.54, 1.807) is 0 Å². The third-order valence-corrected chi connectivity index (χ3v) is 6.19. The van der Waals surface area contributed by atoms with Crippen molar-refractivity contribution in [2.24, 2.45) is 0 Å². The van der Waals surface area contributed by atoms with E-state index in [-0.39, 0.29) is 0 Å². The van der Waals surface area contributed by atoms with Gasteiger partial charge >= 0.3 is 0 Å². The van der Waals surface area contributed by atoms with Crippen molar-refractivity contribution in [3.05, 3.63) is 29.8 Å². The molecule has 0 radical (unpaired) electrons. The van der Waals surface area contributed by atoms with E-state index in [2.05, 4.69) is 26.0 Å². The number of aromatic hydroxyl groups is 1. The van der Waals surface area contributed by atoms with Crippen LogP contribution in [0.5, 0.6) is 5.75 Å². The Morgan fingerprint density at radius 3 is 1.39 bits per heavy atom. The van der Waals surface area contributed by atoms with E-state index in [1.807, 2.05) is 12.1 Å². The Kier molecular flexibility index (Phi) is 16.2. The number of hydrogen-bond acceptors (Lipinski definition) is 1. The molecular formula is C27H48O. The number of benzene rings is 1. The van der Waals surface area contributed by atoms with Gasteiger partial charge in [-0.1, -0.05) is 135 Å². The lowest BCUT2D eigenvalue weighted by atomic mass is 9.87. The highest BCUT2D eigenvalue weighted by atomic mass is 16.3. The van der Waals surface area contributed by atoms with Crippen LogP contribution in [-0.4, -0.2) is 5.11 Å². The summed E-state index contributed by atoms with van der Waals surface area (Å²) in [6.07, 6.45) is 24.5. The van der Waals surface area contributed by atoms with Gasteiger partial charge < -0.3 is 5.11 Å². The summed E-state index contributed by atoms with van der Waals surface area (Å²) in [5, 5.41) is 10.3. The molecule has 0 saturated carbocycles. The van der Waals surface area contributed by atoms with Gasteiger partial charge in [-0.15, -0.1) is 0 Å². The minimum absolute atomic E-state index is 0.505. The third-order valence-electron chi connectivity index (χ3n) is 6.19. The number of hydrogen-bond donors (Lipinski definition) is 1. The summed E-state index contributed by atoms with van der Waals surface area (Å²) in [6, 6.07) is 8.04. The summed E-state index contributed by atoms with van der Waals surface area (Å²) in [4.78, 5) is 0. The zero-order chi connectivity index (χ0) is 20.3. The molecule has 0 aliphatic carbocycles. The maximum absolute atomic E-state index is 10.3. The highest BCUT2D eigenvalue weighted by Crippen LogP contribution is 2.34. The van der Waals surface area contributed by atoms with Crippen molar-refractivity contribution in [3.8, 4) is 5.75 Å². The number of rotatable bonds is 19. The normalized spacial score (nSPS) is 12.4. The van der Waals surface area contributed by atoms with Crippen LogP contribution in [0.15, 0.2) is 24.3 Å². The highest BCUT2D eigenvalue weighted by molar-refractivity contribution is 5.34. The standard InChI is InChI=1S/C27H48O/c1-3-5-7-9-11-12-13-14-16-18-22-25(21-17-15-10-8-6-4-2)26-23-19-20-24-27(26)28/h19-20,23-25,28H,3-18,21-22H2,1-2H3. The van der Waals surface area contributed by atoms with E-state index in [0.29, 0.717) is 11.7 Å². The second-order valence-electron chi connectivity index (χ2n) is 8.78. The van der Waals surface area contributed by atoms with Crippen LogP contribution in [0.3, 0.4) is 0 Å². The van der Waals surface area contributed by atoms with Crippen LogP contribution in [0.1, 0.15) is 141 Å². The van der Waals surface area contributed by atoms with Crippen molar-refractivity contribution in [1.29, 1.82) is 0 Å². The Morgan fingerprint density at radius 2 is 0.964 bits per heavy atom. The summed E-state index contributed by atoms with van der Waals surface area (Å²) < 4.78 is 0. The average molecular weight is 389 g/mol. The van der Waals surface area contributed by atoms with E-state index in [0.717, 1.165) is 0 Å². The van der Waals surface area contributed by atoms with Gasteiger partial charge in [-0.2, -0.15) is 0 Å². The van der Waals surface area contributed by atoms with E-state index in [1.165, 1.54) is 121 Å². The first-order chi connectivity index (χ1) is 13.8. The van der Waals surface area contributed by atoms with Crippen molar-refractivity contribution >= 4 is 0 Å². The third kappa shape index (κ3) is 12.5. The van der Waals surface area contributed by atoms with E-state index in [9.17, 15) is 5.11 Å². The number of phenols is 1. The molecule has 1 atom stereocenters. The molecule has 1 aromatic rings. The smallest absolute Gasteiger partial charge is 0.119 e. The molecule has 0 heterocycles. The van der Waals surface area contributed by atoms with E-state index >= 15 is 0 Å². The number of para-hydroxylation sites is 1. The van der Waals surface area contributed by atoms with Crippen LogP contribution in [0.4, 0.5) is 0 Å². The van der Waals surface area contributed by atoms with Crippen molar-refractivity contribution in [1.82, 2.24) is 0 Å². The first-order valence-electron chi connectivity index (χ1n) is 12.6. The van der Waals surface area contributed by atoms with Crippen molar-refractivity contribution in [2.45, 2.75) is 135 Å². The Morgan fingerprint density at radius 1 is 0.571 bits per heavy atom. The van der Waals surface area contributed by atoms with Crippen LogP contribution in [0.25, 0.3) is 0 Å². The van der Waals surface area contributed by atoms with Crippen LogP contribution in [0.2, 0.25) is 0 Å². The van der Waals surface area contributed by atoms with Crippen LogP contribution < -0.4 is 0 Å². The zero-order valence-electron chi connectivity index (χ0n) is 19.1. The highest BCUT2D eigenvalue weighted by Gasteiger charge is 2.14. The monoisotopic (exact) mass is 388 g/mol. The van der Waals surface area contributed by atoms with Gasteiger partial charge in [0.05, 0.1) is 0 Å². The summed E-state index contributed by atoms with van der Waals surface area (Å²) in [5.74, 6) is 1.05. The minimum Gasteiger partial charge on any atom is -0.508 e. The Hall–Kier alpha value is -0.980. The lowest BCUT2D eigenvalue weighted by molar-refractivity contribution is 0.438. The largest absolute Gasteiger partial charge is 0.508 e. The molecule has 0 amide bonds. The molecule has 1 N–H and O–H groups in total. The lowest BCUT2D eigenvalue weighted by Gasteiger charge is -2.18. The van der Waals surface area contributed by atoms with Crippen LogP contribution in [0, 0.1) is 0 Å². The van der Waals surface area contributed by atoms with Crippen LogP contribution in [-0.2, 0) is 0 Å². The predicted molar refractivity (Wildman–Crippen MR) is 125 cm³/mol. The summed E-state index contributed by atoms with van der Waals surface area (Å²) in [7, 11) is 0. The fourth-order valence-electron chi connectivity index (χ4n) is 4.34. The van der Waals surface area contributed by atoms with Gasteiger partial charge in [0.2, 0.25) is 0 Å². The second kappa shape index (κ2) is 18.1. The molecule has 1 aromatic carbocycles. The van der Waals surface area contributed by atoms with Crippen molar-refractivity contribution < 1.29 is 5.11 Å². The minimum atomic E-state index is 0.505. The Labute approximate surface area is 176 Å². The number of unbranched alkanes of at least 4 members (excludes halogenated alkanes) is 14. The molecule has 1 heteroatoms. The molecule has 0 spiro atoms. The quantitative estimate of drug-likeness (QED) is 0.234. The SMILES string of the molecule is CCCCCCCCCCCCC(CCCCCCCC)c1ccccc1O. The Bertz CT molecular complexity index is 453. The van der Waals surface area contributed by atoms with Gasteiger partial charge in [0.25, 0.3) is 0 Å². The maximum Gasteiger partial charge on any atom is 0.119 e. The predicted octanol–water partition coefficient (Wildman–Crippen LogP) is 9.54. The first-order valence-corrected chi connectivity index (χ1v) is 12.6. The molecule has 28 heavy (non-hydrogen) atoms. The average Bonchev–Trinajstić information content (AvgIpc) is 2.71. The van der Waals surface area contributed by atoms with E-state index in [4.69, 9.17) is 0 Å². The topological polar surface area (TPSA) is 20.2 Å². The fraction of sp³-hybridized carbons (Fsp3) is 0.778. The molecule has 162 valence electrons. The van der Waals surface area contributed by atoms with Gasteiger partial charge in [0.1, 0.15) is 5.75 Å². The van der Waals surface area contributed by atoms with Crippen LogP contribution >= 0.6 is 0 Å². The molecule has 1 rings (SSSR count). The molecule has 1 unspecified atom stereocenters. The Balaban J connectivity index is 2.23. The molecule has 0 aliphatic heterocycles. The first kappa shape index (κ1) is 25.1. The molecule has 0 aliphatic rings. The van der Waals surface area contributed by atoms with Gasteiger partial charge in [0.15, 0.2) is 0 Å². The van der Waals surface area contributed by atoms with Crippen molar-refractivity contribution in [3.63, 3.8) is 0 Å². The van der Waals surface area contributed by atoms with Gasteiger partial charge in [-0.05, 0) is 30.4 Å². The molecule has 0 saturated heterocycles. The van der Waals surface area contributed by atoms with E-state index < -0.39 is 0 Å². The molecule has 0 fully saturated rings. The number of phenolic OH excluding ortho intramolecular Hbond substituents is 1. The zero-order valence-corrected chi connectivity index (χ0v) is 19.1. The second-order valence-corrected chi connectivity index (χ2v) is 8.78. The molecular weight excluding hydrogens is 340 g/mol. The molecule has 0 bridgehead atoms. The maximum atomic E-state index is 10.3. The summed E-state index contributed by atoms with van der Waals surface area (Å²) >= 11 is 0. The van der Waals surface area contributed by atoms with Crippen molar-refractivity contribution in [2.75, 3.05) is 0 Å². The summed E-state index contributed by atoms with van der Waals surface area (Å²) in [6.45, 7) is 4.57. The molecule has 1 nitrogen and oxygen atoms in total. The van der Waals surface area contributed by atoms with Gasteiger partial charge in [-0.25, -0.2) is 0 Å². The fourth-order valence-corrected chi connectivity index (χ4v) is 4.34. The summed E-state index contributed by atoms with van der Waals surface area (Å²) in [5.41, 5.74) is 1.19. The molecule has 0 aromatic heterocycles. The lowest BCUT2D eigenvalue weighted by Crippen LogP contribution is -2.00.